The predicted octanol–water partition coefficient (Wildman–Crippen LogP) is 3.42. The Morgan fingerprint density at radius 1 is 0.900 bits per heavy atom. The van der Waals surface area contributed by atoms with Crippen LogP contribution in [-0.2, 0) is 16.9 Å². The van der Waals surface area contributed by atoms with E-state index >= 15 is 0 Å². The Kier molecular flexibility index (Phi) is 3.71. The molecule has 2 rings (SSSR count). The van der Waals surface area contributed by atoms with Crippen molar-refractivity contribution in [2.24, 2.45) is 0 Å². The average Bonchev–Trinajstić information content (AvgIpc) is 2.90. The third kappa shape index (κ3) is 2.76. The van der Waals surface area contributed by atoms with E-state index in [9.17, 15) is 26.7 Å². The zero-order valence-electron chi connectivity index (χ0n) is 10.4. The third-order valence-electron chi connectivity index (χ3n) is 3.24. The van der Waals surface area contributed by atoms with Crippen molar-refractivity contribution in [1.82, 2.24) is 4.90 Å². The van der Waals surface area contributed by atoms with Crippen molar-refractivity contribution in [3.05, 3.63) is 35.4 Å². The molecule has 1 fully saturated rings. The van der Waals surface area contributed by atoms with Gasteiger partial charge in [0.1, 0.15) is 0 Å². The SMILES string of the molecule is O=C(N1CCCC1)C(F)(F)c1ccc(C(F)(F)F)cc1. The maximum Gasteiger partial charge on any atom is 0.416 e. The lowest BCUT2D eigenvalue weighted by atomic mass is 10.0. The van der Waals surface area contributed by atoms with Crippen LogP contribution in [0.4, 0.5) is 22.0 Å². The number of hydrogen-bond donors (Lipinski definition) is 0. The standard InChI is InChI=1S/C13H12F5NO/c14-12(15,11(20)19-7-1-2-8-19)9-3-5-10(6-4-9)13(16,17)18/h3-6H,1-2,7-8H2. The first-order valence-corrected chi connectivity index (χ1v) is 6.08. The Morgan fingerprint density at radius 3 is 1.80 bits per heavy atom. The molecule has 0 atom stereocenters. The molecule has 20 heavy (non-hydrogen) atoms. The van der Waals surface area contributed by atoms with E-state index in [0.29, 0.717) is 37.1 Å². The summed E-state index contributed by atoms with van der Waals surface area (Å²) >= 11 is 0. The average molecular weight is 293 g/mol. The van der Waals surface area contributed by atoms with Gasteiger partial charge in [-0.2, -0.15) is 22.0 Å². The van der Waals surface area contributed by atoms with E-state index in [1.807, 2.05) is 0 Å². The second-order valence-corrected chi connectivity index (χ2v) is 4.65. The Balaban J connectivity index is 2.22. The molecule has 1 aromatic rings. The van der Waals surface area contributed by atoms with Gasteiger partial charge >= 0.3 is 12.1 Å². The van der Waals surface area contributed by atoms with Gasteiger partial charge in [-0.1, -0.05) is 12.1 Å². The lowest BCUT2D eigenvalue weighted by molar-refractivity contribution is -0.157. The van der Waals surface area contributed by atoms with E-state index in [2.05, 4.69) is 0 Å². The number of likely N-dealkylation sites (tertiary alicyclic amines) is 1. The van der Waals surface area contributed by atoms with Crippen LogP contribution in [0.25, 0.3) is 0 Å². The summed E-state index contributed by atoms with van der Waals surface area (Å²) in [5, 5.41) is 0. The highest BCUT2D eigenvalue weighted by molar-refractivity contribution is 5.85. The third-order valence-corrected chi connectivity index (χ3v) is 3.24. The van der Waals surface area contributed by atoms with Crippen LogP contribution >= 0.6 is 0 Å². The van der Waals surface area contributed by atoms with Crippen LogP contribution in [0.3, 0.4) is 0 Å². The molecule has 0 radical (unpaired) electrons. The Hall–Kier alpha value is -1.66. The van der Waals surface area contributed by atoms with E-state index < -0.39 is 29.1 Å². The van der Waals surface area contributed by atoms with E-state index in [1.165, 1.54) is 0 Å². The highest BCUT2D eigenvalue weighted by Gasteiger charge is 2.44. The van der Waals surface area contributed by atoms with Crippen molar-refractivity contribution < 1.29 is 26.7 Å². The number of carbonyl (C=O) groups is 1. The molecule has 1 aliphatic heterocycles. The minimum absolute atomic E-state index is 0.259. The Bertz CT molecular complexity index is 488. The van der Waals surface area contributed by atoms with Gasteiger partial charge in [0.2, 0.25) is 0 Å². The summed E-state index contributed by atoms with van der Waals surface area (Å²) in [6, 6.07) is 2.41. The molecule has 0 spiro atoms. The molecule has 2 nitrogen and oxygen atoms in total. The van der Waals surface area contributed by atoms with E-state index in [4.69, 9.17) is 0 Å². The fraction of sp³-hybridized carbons (Fsp3) is 0.462. The summed E-state index contributed by atoms with van der Waals surface area (Å²) in [7, 11) is 0. The van der Waals surface area contributed by atoms with E-state index in [0.717, 1.165) is 4.90 Å². The largest absolute Gasteiger partial charge is 0.416 e. The van der Waals surface area contributed by atoms with Gasteiger partial charge in [-0.15, -0.1) is 0 Å². The van der Waals surface area contributed by atoms with E-state index in [1.54, 1.807) is 0 Å². The summed E-state index contributed by atoms with van der Waals surface area (Å²) < 4.78 is 65.0. The molecule has 1 aliphatic rings. The highest BCUT2D eigenvalue weighted by atomic mass is 19.4. The molecule has 0 aromatic heterocycles. The molecule has 110 valence electrons. The maximum atomic E-state index is 14.0. The number of hydrogen-bond acceptors (Lipinski definition) is 1. The molecular formula is C13H12F5NO. The van der Waals surface area contributed by atoms with Gasteiger partial charge in [0.25, 0.3) is 5.91 Å². The van der Waals surface area contributed by atoms with E-state index in [-0.39, 0.29) is 13.1 Å². The lowest BCUT2D eigenvalue weighted by Crippen LogP contribution is -2.40. The number of amides is 1. The van der Waals surface area contributed by atoms with Crippen molar-refractivity contribution >= 4 is 5.91 Å². The number of benzene rings is 1. The number of nitrogens with zero attached hydrogens (tertiary/aromatic N) is 1. The first-order chi connectivity index (χ1) is 9.23. The molecule has 0 aliphatic carbocycles. The first-order valence-electron chi connectivity index (χ1n) is 6.08. The molecule has 0 N–H and O–H groups in total. The van der Waals surface area contributed by atoms with Gasteiger partial charge in [0.05, 0.1) is 5.56 Å². The van der Waals surface area contributed by atoms with Crippen molar-refractivity contribution in [2.45, 2.75) is 24.9 Å². The molecule has 1 heterocycles. The number of carbonyl (C=O) groups excluding carboxylic acids is 1. The minimum Gasteiger partial charge on any atom is -0.337 e. The molecule has 0 bridgehead atoms. The van der Waals surface area contributed by atoms with Crippen LogP contribution < -0.4 is 0 Å². The molecule has 0 saturated carbocycles. The van der Waals surface area contributed by atoms with Gasteiger partial charge in [-0.3, -0.25) is 4.79 Å². The van der Waals surface area contributed by atoms with Crippen LogP contribution in [0, 0.1) is 0 Å². The summed E-state index contributed by atoms with van der Waals surface area (Å²) in [6.07, 6.45) is -3.27. The van der Waals surface area contributed by atoms with Gasteiger partial charge < -0.3 is 4.90 Å². The Morgan fingerprint density at radius 2 is 1.35 bits per heavy atom. The molecule has 0 unspecified atom stereocenters. The molecular weight excluding hydrogens is 281 g/mol. The van der Waals surface area contributed by atoms with Gasteiger partial charge in [0, 0.05) is 18.7 Å². The fourth-order valence-corrected chi connectivity index (χ4v) is 2.11. The van der Waals surface area contributed by atoms with Crippen LogP contribution in [-0.4, -0.2) is 23.9 Å². The van der Waals surface area contributed by atoms with Crippen LogP contribution in [0.5, 0.6) is 0 Å². The summed E-state index contributed by atoms with van der Waals surface area (Å²) in [5.41, 5.74) is -1.74. The smallest absolute Gasteiger partial charge is 0.337 e. The second-order valence-electron chi connectivity index (χ2n) is 4.65. The van der Waals surface area contributed by atoms with Crippen molar-refractivity contribution in [3.8, 4) is 0 Å². The maximum absolute atomic E-state index is 14.0. The zero-order chi connectivity index (χ0) is 15.0. The van der Waals surface area contributed by atoms with Crippen LogP contribution in [0.15, 0.2) is 24.3 Å². The van der Waals surface area contributed by atoms with Crippen molar-refractivity contribution in [2.75, 3.05) is 13.1 Å². The second kappa shape index (κ2) is 5.03. The lowest BCUT2D eigenvalue weighted by Gasteiger charge is -2.23. The molecule has 1 amide bonds. The van der Waals surface area contributed by atoms with Crippen molar-refractivity contribution in [1.29, 1.82) is 0 Å². The zero-order valence-corrected chi connectivity index (χ0v) is 10.4. The highest BCUT2D eigenvalue weighted by Crippen LogP contribution is 2.34. The molecule has 1 aromatic carbocycles. The molecule has 7 heteroatoms. The topological polar surface area (TPSA) is 20.3 Å². The van der Waals surface area contributed by atoms with Crippen LogP contribution in [0.1, 0.15) is 24.0 Å². The summed E-state index contributed by atoms with van der Waals surface area (Å²) in [6.45, 7) is 0.518. The monoisotopic (exact) mass is 293 g/mol. The number of rotatable bonds is 2. The summed E-state index contributed by atoms with van der Waals surface area (Å²) in [4.78, 5) is 12.7. The summed E-state index contributed by atoms with van der Waals surface area (Å²) in [5.74, 6) is -5.15. The van der Waals surface area contributed by atoms with Gasteiger partial charge in [0.15, 0.2) is 0 Å². The van der Waals surface area contributed by atoms with Gasteiger partial charge in [-0.25, -0.2) is 0 Å². The predicted molar refractivity (Wildman–Crippen MR) is 61.2 cm³/mol. The first kappa shape index (κ1) is 14.7. The minimum atomic E-state index is -4.59. The number of alkyl halides is 5. The quantitative estimate of drug-likeness (QED) is 0.765. The normalized spacial score (nSPS) is 16.6. The molecule has 1 saturated heterocycles. The Labute approximate surface area is 112 Å². The fourth-order valence-electron chi connectivity index (χ4n) is 2.11. The van der Waals surface area contributed by atoms with Crippen LogP contribution in [0.2, 0.25) is 0 Å². The van der Waals surface area contributed by atoms with Crippen molar-refractivity contribution in [3.63, 3.8) is 0 Å². The van der Waals surface area contributed by atoms with Gasteiger partial charge in [-0.05, 0) is 25.0 Å². The number of halogens is 5.